The van der Waals surface area contributed by atoms with Crippen LogP contribution in [0.2, 0.25) is 0 Å². The molecule has 0 N–H and O–H groups in total. The van der Waals surface area contributed by atoms with Crippen molar-refractivity contribution in [2.75, 3.05) is 0 Å². The highest BCUT2D eigenvalue weighted by atomic mass is 16.3. The van der Waals surface area contributed by atoms with Gasteiger partial charge in [-0.15, -0.1) is 0 Å². The van der Waals surface area contributed by atoms with E-state index in [-0.39, 0.29) is 40.6 Å². The molecule has 54 heavy (non-hydrogen) atoms. The molecule has 3 nitrogen and oxygen atoms in total. The van der Waals surface area contributed by atoms with Gasteiger partial charge in [0.1, 0.15) is 16.8 Å². The molecule has 3 heteroatoms. The van der Waals surface area contributed by atoms with E-state index < -0.39 is 0 Å². The Bertz CT molecular complexity index is 3350. The first-order chi connectivity index (χ1) is 28.2. The van der Waals surface area contributed by atoms with Crippen molar-refractivity contribution in [1.82, 2.24) is 9.97 Å². The molecule has 2 heterocycles. The molecule has 0 saturated heterocycles. The van der Waals surface area contributed by atoms with Crippen molar-refractivity contribution in [2.45, 2.75) is 19.3 Å². The molecule has 2 aromatic heterocycles. The maximum absolute atomic E-state index is 9.00. The highest BCUT2D eigenvalue weighted by molar-refractivity contribution is 6.10. The number of para-hydroxylation sites is 1. The van der Waals surface area contributed by atoms with E-state index in [2.05, 4.69) is 129 Å². The fraction of sp³-hybridized carbons (Fsp3) is 0.0588. The van der Waals surface area contributed by atoms with Gasteiger partial charge in [-0.1, -0.05) is 153 Å². The average molecular weight is 695 g/mol. The molecule has 0 spiro atoms. The second-order valence-electron chi connectivity index (χ2n) is 14.7. The molecule has 1 aliphatic rings. The van der Waals surface area contributed by atoms with Crippen LogP contribution in [0.3, 0.4) is 0 Å². The molecule has 0 saturated carbocycles. The van der Waals surface area contributed by atoms with E-state index in [0.717, 1.165) is 49.7 Å². The Kier molecular flexibility index (Phi) is 5.76. The summed E-state index contributed by atoms with van der Waals surface area (Å²) in [5.74, 6) is 0.443. The van der Waals surface area contributed by atoms with Gasteiger partial charge in [0.15, 0.2) is 11.4 Å². The van der Waals surface area contributed by atoms with Gasteiger partial charge in [-0.3, -0.25) is 0 Å². The van der Waals surface area contributed by atoms with Crippen molar-refractivity contribution in [1.29, 1.82) is 0 Å². The average Bonchev–Trinajstić information content (AvgIpc) is 3.77. The minimum absolute atomic E-state index is 0.0594. The van der Waals surface area contributed by atoms with Crippen LogP contribution in [-0.2, 0) is 5.41 Å². The Hall–Kier alpha value is -6.84. The molecule has 10 aromatic rings. The first-order valence-corrected chi connectivity index (χ1v) is 18.2. The number of rotatable bonds is 4. The molecule has 1 aliphatic carbocycles. The van der Waals surface area contributed by atoms with Crippen LogP contribution in [-0.4, -0.2) is 9.97 Å². The van der Waals surface area contributed by atoms with Crippen LogP contribution in [0, 0.1) is 0 Å². The normalized spacial score (nSPS) is 14.2. The number of nitrogens with zero attached hydrogens (tertiary/aromatic N) is 2. The zero-order valence-electron chi connectivity index (χ0n) is 33.7. The van der Waals surface area contributed by atoms with E-state index in [1.165, 1.54) is 27.5 Å². The smallest absolute Gasteiger partial charge is 0.180 e. The SMILES string of the molecule is [2H]c1c([2H])c([2H])c2c(oc3c(-c4ccc(-c5ccccc5)cc4)nc(-c4cc5c(c6cc(-c7ccc8ccccc8c7)ccc46)C(C)(C)c4ccccc4-5)nc32)c1[2H]. The van der Waals surface area contributed by atoms with Crippen LogP contribution in [0.4, 0.5) is 0 Å². The zero-order valence-corrected chi connectivity index (χ0v) is 29.7. The molecule has 0 aliphatic heterocycles. The topological polar surface area (TPSA) is 38.9 Å². The van der Waals surface area contributed by atoms with Gasteiger partial charge in [-0.05, 0) is 96.3 Å². The number of furan rings is 1. The summed E-state index contributed by atoms with van der Waals surface area (Å²) in [6, 6.07) is 49.6. The Morgan fingerprint density at radius 3 is 2.07 bits per heavy atom. The second kappa shape index (κ2) is 11.6. The van der Waals surface area contributed by atoms with Crippen LogP contribution < -0.4 is 0 Å². The summed E-state index contributed by atoms with van der Waals surface area (Å²) in [6.07, 6.45) is 0. The van der Waals surface area contributed by atoms with Gasteiger partial charge in [0.25, 0.3) is 0 Å². The molecule has 0 bridgehead atoms. The van der Waals surface area contributed by atoms with Gasteiger partial charge in [0, 0.05) is 21.9 Å². The maximum atomic E-state index is 9.00. The van der Waals surface area contributed by atoms with E-state index in [4.69, 9.17) is 19.9 Å². The second-order valence-corrected chi connectivity index (χ2v) is 14.7. The van der Waals surface area contributed by atoms with Gasteiger partial charge in [0.2, 0.25) is 0 Å². The molecular formula is C51H34N2O. The summed E-state index contributed by atoms with van der Waals surface area (Å²) >= 11 is 0. The lowest BCUT2D eigenvalue weighted by molar-refractivity contribution is 0.666. The van der Waals surface area contributed by atoms with Crippen LogP contribution in [0.25, 0.3) is 99.6 Å². The Morgan fingerprint density at radius 1 is 0.519 bits per heavy atom. The summed E-state index contributed by atoms with van der Waals surface area (Å²) in [6.45, 7) is 4.59. The van der Waals surface area contributed by atoms with Crippen molar-refractivity contribution in [3.63, 3.8) is 0 Å². The Labute approximate surface area is 318 Å². The van der Waals surface area contributed by atoms with Crippen LogP contribution in [0.5, 0.6) is 0 Å². The van der Waals surface area contributed by atoms with E-state index in [1.54, 1.807) is 0 Å². The standard InChI is InChI=1S/C51H34N2O/c1-51(2)44-18-10-8-16-39(44)42-30-43(38-27-26-37(29-41(38)46(42)51)36-25-22-32-14-6-7-15-35(32)28-36)50-52-47(49-48(53-50)40-17-9-11-19-45(40)54-49)34-23-20-33(21-24-34)31-12-4-3-5-13-31/h3-30H,1-2H3/i9D,11D,17D,19D. The highest BCUT2D eigenvalue weighted by Crippen LogP contribution is 2.53. The van der Waals surface area contributed by atoms with Gasteiger partial charge in [-0.2, -0.15) is 0 Å². The molecule has 11 rings (SSSR count). The number of fused-ring (bicyclic) bond motifs is 9. The summed E-state index contributed by atoms with van der Waals surface area (Å²) < 4.78 is 41.2. The largest absolute Gasteiger partial charge is 0.452 e. The number of benzene rings is 8. The van der Waals surface area contributed by atoms with Crippen molar-refractivity contribution < 1.29 is 9.90 Å². The minimum Gasteiger partial charge on any atom is -0.452 e. The third-order valence-corrected chi connectivity index (χ3v) is 11.2. The summed E-state index contributed by atoms with van der Waals surface area (Å²) in [5.41, 5.74) is 11.7. The van der Waals surface area contributed by atoms with Crippen LogP contribution in [0.1, 0.15) is 30.5 Å². The predicted molar refractivity (Wildman–Crippen MR) is 224 cm³/mol. The van der Waals surface area contributed by atoms with Gasteiger partial charge in [0.05, 0.1) is 5.48 Å². The van der Waals surface area contributed by atoms with E-state index in [0.29, 0.717) is 22.6 Å². The monoisotopic (exact) mass is 694 g/mol. The summed E-state index contributed by atoms with van der Waals surface area (Å²) in [4.78, 5) is 10.5. The van der Waals surface area contributed by atoms with Crippen molar-refractivity contribution in [3.05, 3.63) is 181 Å². The third kappa shape index (κ3) is 4.61. The fourth-order valence-electron chi connectivity index (χ4n) is 8.57. The Balaban J connectivity index is 1.21. The van der Waals surface area contributed by atoms with Crippen LogP contribution in [0.15, 0.2) is 174 Å². The van der Waals surface area contributed by atoms with Crippen molar-refractivity contribution in [3.8, 4) is 56.0 Å². The number of hydrogen-bond donors (Lipinski definition) is 0. The summed E-state index contributed by atoms with van der Waals surface area (Å²) in [7, 11) is 0. The van der Waals surface area contributed by atoms with Gasteiger partial charge < -0.3 is 4.42 Å². The fourth-order valence-corrected chi connectivity index (χ4v) is 8.57. The van der Waals surface area contributed by atoms with Crippen molar-refractivity contribution >= 4 is 43.6 Å². The molecule has 0 unspecified atom stereocenters. The molecular weight excluding hydrogens is 657 g/mol. The highest BCUT2D eigenvalue weighted by Gasteiger charge is 2.38. The number of hydrogen-bond acceptors (Lipinski definition) is 3. The van der Waals surface area contributed by atoms with Crippen LogP contribution >= 0.6 is 0 Å². The van der Waals surface area contributed by atoms with Gasteiger partial charge in [-0.25, -0.2) is 9.97 Å². The molecule has 8 aromatic carbocycles. The first kappa shape index (κ1) is 26.9. The predicted octanol–water partition coefficient (Wildman–Crippen LogP) is 13.7. The Morgan fingerprint density at radius 2 is 1.20 bits per heavy atom. The van der Waals surface area contributed by atoms with Crippen molar-refractivity contribution in [2.24, 2.45) is 0 Å². The first-order valence-electron chi connectivity index (χ1n) is 20.2. The summed E-state index contributed by atoms with van der Waals surface area (Å²) in [5, 5.41) is 4.71. The molecule has 254 valence electrons. The zero-order chi connectivity index (χ0) is 39.4. The lowest BCUT2D eigenvalue weighted by atomic mass is 9.79. The molecule has 0 atom stereocenters. The van der Waals surface area contributed by atoms with Gasteiger partial charge >= 0.3 is 0 Å². The molecule has 0 radical (unpaired) electrons. The number of aromatic nitrogens is 2. The maximum Gasteiger partial charge on any atom is 0.180 e. The third-order valence-electron chi connectivity index (χ3n) is 11.2. The quantitative estimate of drug-likeness (QED) is 0.184. The van der Waals surface area contributed by atoms with E-state index in [1.807, 2.05) is 30.3 Å². The lowest BCUT2D eigenvalue weighted by Gasteiger charge is -2.24. The lowest BCUT2D eigenvalue weighted by Crippen LogP contribution is -2.15. The molecule has 0 fully saturated rings. The minimum atomic E-state index is -0.355. The van der Waals surface area contributed by atoms with E-state index in [9.17, 15) is 0 Å². The molecule has 0 amide bonds. The van der Waals surface area contributed by atoms with E-state index >= 15 is 0 Å².